The van der Waals surface area contributed by atoms with E-state index in [4.69, 9.17) is 0 Å². The molecule has 0 spiro atoms. The fourth-order valence-electron chi connectivity index (χ4n) is 5.36. The molecule has 2 heteroatoms. The summed E-state index contributed by atoms with van der Waals surface area (Å²) in [6.45, 7) is 19.2. The van der Waals surface area contributed by atoms with E-state index in [2.05, 4.69) is 68.2 Å². The Morgan fingerprint density at radius 3 is 1.03 bits per heavy atom. The van der Waals surface area contributed by atoms with Crippen molar-refractivity contribution in [3.05, 3.63) is 0 Å². The number of nitrogens with zero attached hydrogens (tertiary/aromatic N) is 1. The van der Waals surface area contributed by atoms with Crippen molar-refractivity contribution in [2.24, 2.45) is 17.8 Å². The molecule has 0 radical (unpaired) electrons. The number of hydrogen-bond acceptors (Lipinski definition) is 0. The Hall–Kier alpha value is 0. The van der Waals surface area contributed by atoms with Gasteiger partial charge in [0.25, 0.3) is 0 Å². The lowest BCUT2D eigenvalue weighted by atomic mass is 10.0. The van der Waals surface area contributed by atoms with Crippen LogP contribution in [0.2, 0.25) is 0 Å². The topological polar surface area (TPSA) is 0 Å². The maximum absolute atomic E-state index is 3.45. The summed E-state index contributed by atoms with van der Waals surface area (Å²) in [4.78, 5) is 3.06. The van der Waals surface area contributed by atoms with Crippen LogP contribution in [0, 0.1) is 28.5 Å². The summed E-state index contributed by atoms with van der Waals surface area (Å²) in [6.07, 6.45) is 25.3. The first-order chi connectivity index (χ1) is 16.8. The smallest absolute Gasteiger partial charge is 0.141 e. The molecule has 208 valence electrons. The second-order valence-electron chi connectivity index (χ2n) is 12.8. The molecule has 0 bridgehead atoms. The summed E-state index contributed by atoms with van der Waals surface area (Å²) < 4.78 is 1.25. The highest BCUT2D eigenvalue weighted by molar-refractivity contribution is 9.12. The molecule has 0 rings (SSSR count). The molecule has 0 heterocycles. The summed E-state index contributed by atoms with van der Waals surface area (Å²) in [5, 5.41) is 0. The highest BCUT2D eigenvalue weighted by Crippen LogP contribution is 2.19. The van der Waals surface area contributed by atoms with Gasteiger partial charge in [-0.25, -0.2) is 0 Å². The molecule has 0 aliphatic heterocycles. The van der Waals surface area contributed by atoms with Gasteiger partial charge in [0.2, 0.25) is 0 Å². The van der Waals surface area contributed by atoms with Crippen molar-refractivity contribution in [3.8, 4) is 10.8 Å². The Labute approximate surface area is 231 Å². The van der Waals surface area contributed by atoms with E-state index in [9.17, 15) is 0 Å². The third-order valence-corrected chi connectivity index (χ3v) is 8.00. The fourth-order valence-corrected chi connectivity index (χ4v) is 5.49. The molecule has 0 amide bonds. The number of hydrogen-bond donors (Lipinski definition) is 0. The van der Waals surface area contributed by atoms with Crippen LogP contribution in [0.5, 0.6) is 0 Å². The maximum Gasteiger partial charge on any atom is 0.141 e. The Kier molecular flexibility index (Phi) is 24.3. The van der Waals surface area contributed by atoms with E-state index in [-0.39, 0.29) is 0 Å². The fraction of sp³-hybridized carbons (Fsp3) is 0.939. The standard InChI is InChI=1S/C33H65BrN/c1-31(2)23-16-10-7-13-19-27-35(30-22-26-34,28-20-14-8-11-17-24-32(3)4)29-21-15-9-12-18-25-33(5)6/h31-33H,7-21,23-25,27-30H2,1-6H3/q+1. The summed E-state index contributed by atoms with van der Waals surface area (Å²) in [5.74, 6) is 6.03. The van der Waals surface area contributed by atoms with E-state index >= 15 is 0 Å². The minimum atomic E-state index is 0.859. The van der Waals surface area contributed by atoms with E-state index in [1.807, 2.05) is 0 Å². The molecule has 1 nitrogen and oxygen atoms in total. The third kappa shape index (κ3) is 24.1. The first-order valence-corrected chi connectivity index (χ1v) is 16.5. The van der Waals surface area contributed by atoms with Gasteiger partial charge in [-0.2, -0.15) is 0 Å². The van der Waals surface area contributed by atoms with E-state index in [1.165, 1.54) is 140 Å². The lowest BCUT2D eigenvalue weighted by Gasteiger charge is -2.38. The van der Waals surface area contributed by atoms with Gasteiger partial charge >= 0.3 is 0 Å². The van der Waals surface area contributed by atoms with Crippen molar-refractivity contribution in [3.63, 3.8) is 0 Å². The predicted octanol–water partition coefficient (Wildman–Crippen LogP) is 11.1. The SMILES string of the molecule is CC(C)CCCCCCC[N+](CC#CBr)(CCCCCCCC(C)C)CCCCCCCC(C)C. The van der Waals surface area contributed by atoms with Gasteiger partial charge in [0, 0.05) is 15.9 Å². The molecule has 0 fully saturated rings. The lowest BCUT2D eigenvalue weighted by molar-refractivity contribution is -0.922. The molecule has 0 aliphatic rings. The minimum absolute atomic E-state index is 0.859. The average Bonchev–Trinajstić information content (AvgIpc) is 2.80. The molecule has 0 aliphatic carbocycles. The van der Waals surface area contributed by atoms with Crippen LogP contribution in [-0.2, 0) is 0 Å². The van der Waals surface area contributed by atoms with Gasteiger partial charge in [-0.3, -0.25) is 0 Å². The van der Waals surface area contributed by atoms with Crippen LogP contribution in [-0.4, -0.2) is 30.7 Å². The molecule has 0 atom stereocenters. The van der Waals surface area contributed by atoms with E-state index in [0.29, 0.717) is 0 Å². The van der Waals surface area contributed by atoms with Gasteiger partial charge in [0.05, 0.1) is 19.6 Å². The van der Waals surface area contributed by atoms with Crippen molar-refractivity contribution < 1.29 is 4.48 Å². The Balaban J connectivity index is 4.62. The van der Waals surface area contributed by atoms with Gasteiger partial charge in [-0.05, 0) is 67.0 Å². The third-order valence-electron chi connectivity index (χ3n) is 7.72. The minimum Gasteiger partial charge on any atom is -0.313 e. The molecular formula is C33H65BrN+. The van der Waals surface area contributed by atoms with Crippen molar-refractivity contribution in [2.45, 2.75) is 157 Å². The molecule has 0 aromatic carbocycles. The summed E-state index contributed by atoms with van der Waals surface area (Å²) >= 11 is 3.40. The Morgan fingerprint density at radius 1 is 0.457 bits per heavy atom. The van der Waals surface area contributed by atoms with E-state index in [1.54, 1.807) is 0 Å². The van der Waals surface area contributed by atoms with Crippen molar-refractivity contribution >= 4 is 15.9 Å². The monoisotopic (exact) mass is 554 g/mol. The normalized spacial score (nSPS) is 12.1. The van der Waals surface area contributed by atoms with Crippen LogP contribution in [0.4, 0.5) is 0 Å². The van der Waals surface area contributed by atoms with Gasteiger partial charge < -0.3 is 4.48 Å². The van der Waals surface area contributed by atoms with Gasteiger partial charge in [-0.15, -0.1) is 0 Å². The first-order valence-electron chi connectivity index (χ1n) is 15.7. The first kappa shape index (κ1) is 35.0. The van der Waals surface area contributed by atoms with Crippen LogP contribution in [0.1, 0.15) is 157 Å². The van der Waals surface area contributed by atoms with Crippen molar-refractivity contribution in [1.29, 1.82) is 0 Å². The lowest BCUT2D eigenvalue weighted by Crippen LogP contribution is -2.50. The summed E-state index contributed by atoms with van der Waals surface area (Å²) in [5.41, 5.74) is 0. The number of halogens is 1. The maximum atomic E-state index is 3.45. The van der Waals surface area contributed by atoms with E-state index < -0.39 is 0 Å². The second-order valence-corrected chi connectivity index (χ2v) is 13.2. The Bertz CT molecular complexity index is 444. The zero-order valence-electron chi connectivity index (χ0n) is 25.1. The van der Waals surface area contributed by atoms with Crippen molar-refractivity contribution in [1.82, 2.24) is 0 Å². The van der Waals surface area contributed by atoms with Gasteiger partial charge in [0.15, 0.2) is 0 Å². The quantitative estimate of drug-likeness (QED) is 0.0597. The largest absolute Gasteiger partial charge is 0.313 e. The molecular weight excluding hydrogens is 490 g/mol. The van der Waals surface area contributed by atoms with Crippen LogP contribution in [0.15, 0.2) is 0 Å². The summed E-state index contributed by atoms with van der Waals surface area (Å²) in [7, 11) is 0. The number of rotatable bonds is 25. The summed E-state index contributed by atoms with van der Waals surface area (Å²) in [6, 6.07) is 0. The molecule has 0 aromatic heterocycles. The predicted molar refractivity (Wildman–Crippen MR) is 164 cm³/mol. The van der Waals surface area contributed by atoms with E-state index in [0.717, 1.165) is 24.3 Å². The zero-order valence-corrected chi connectivity index (χ0v) is 26.7. The van der Waals surface area contributed by atoms with Gasteiger partial charge in [-0.1, -0.05) is 119 Å². The number of quaternary nitrogens is 1. The number of unbranched alkanes of at least 4 members (excludes halogenated alkanes) is 12. The average molecular weight is 556 g/mol. The highest BCUT2D eigenvalue weighted by Gasteiger charge is 2.25. The Morgan fingerprint density at radius 2 is 0.743 bits per heavy atom. The zero-order chi connectivity index (χ0) is 26.2. The molecule has 35 heavy (non-hydrogen) atoms. The van der Waals surface area contributed by atoms with Crippen LogP contribution < -0.4 is 0 Å². The molecule has 0 saturated heterocycles. The van der Waals surface area contributed by atoms with Crippen LogP contribution >= 0.6 is 15.9 Å². The molecule has 0 saturated carbocycles. The van der Waals surface area contributed by atoms with Crippen LogP contribution in [0.25, 0.3) is 0 Å². The second kappa shape index (κ2) is 24.3. The molecule has 0 unspecified atom stereocenters. The van der Waals surface area contributed by atoms with Gasteiger partial charge in [0.1, 0.15) is 6.54 Å². The van der Waals surface area contributed by atoms with Crippen LogP contribution in [0.3, 0.4) is 0 Å². The molecule has 0 N–H and O–H groups in total. The van der Waals surface area contributed by atoms with Crippen molar-refractivity contribution in [2.75, 3.05) is 26.2 Å². The highest BCUT2D eigenvalue weighted by atomic mass is 79.9. The molecule has 0 aromatic rings.